The number of hydrogen-bond acceptors (Lipinski definition) is 8. The molecule has 27 heavy (non-hydrogen) atoms. The second-order valence-corrected chi connectivity index (χ2v) is 5.95. The van der Waals surface area contributed by atoms with Crippen molar-refractivity contribution < 1.29 is 47.5 Å². The van der Waals surface area contributed by atoms with Gasteiger partial charge in [-0.2, -0.15) is 13.2 Å². The van der Waals surface area contributed by atoms with Gasteiger partial charge < -0.3 is 34.3 Å². The Bertz CT molecular complexity index is 878. The zero-order valence-electron chi connectivity index (χ0n) is 13.5. The molecule has 0 radical (unpaired) electrons. The van der Waals surface area contributed by atoms with E-state index < -0.39 is 60.3 Å². The Balaban J connectivity index is 1.93. The summed E-state index contributed by atoms with van der Waals surface area (Å²) in [7, 11) is 0. The first-order valence-electron chi connectivity index (χ1n) is 7.74. The van der Waals surface area contributed by atoms with Gasteiger partial charge in [0.05, 0.1) is 12.2 Å². The van der Waals surface area contributed by atoms with E-state index in [-0.39, 0.29) is 11.1 Å². The van der Waals surface area contributed by atoms with Crippen LogP contribution in [0, 0.1) is 0 Å². The third kappa shape index (κ3) is 3.77. The Morgan fingerprint density at radius 3 is 2.41 bits per heavy atom. The summed E-state index contributed by atoms with van der Waals surface area (Å²) in [6.07, 6.45) is -12.5. The Kier molecular flexibility index (Phi) is 5.14. The van der Waals surface area contributed by atoms with Crippen LogP contribution in [0.25, 0.3) is 11.0 Å². The van der Waals surface area contributed by atoms with Crippen molar-refractivity contribution in [1.29, 1.82) is 0 Å². The van der Waals surface area contributed by atoms with Crippen LogP contribution >= 0.6 is 0 Å². The van der Waals surface area contributed by atoms with Crippen molar-refractivity contribution in [2.75, 3.05) is 6.61 Å². The quantitative estimate of drug-likeness (QED) is 0.537. The molecule has 148 valence electrons. The molecule has 11 heteroatoms. The summed E-state index contributed by atoms with van der Waals surface area (Å²) < 4.78 is 54.3. The van der Waals surface area contributed by atoms with Gasteiger partial charge in [-0.1, -0.05) is 0 Å². The lowest BCUT2D eigenvalue weighted by atomic mass is 9.99. The molecule has 3 rings (SSSR count). The Labute approximate surface area is 149 Å². The van der Waals surface area contributed by atoms with Gasteiger partial charge in [0.25, 0.3) is 0 Å². The number of aliphatic hydroxyl groups excluding tert-OH is 4. The first-order valence-corrected chi connectivity index (χ1v) is 7.74. The molecule has 1 aromatic carbocycles. The minimum absolute atomic E-state index is 0.130. The molecule has 1 fully saturated rings. The van der Waals surface area contributed by atoms with Gasteiger partial charge >= 0.3 is 11.8 Å². The first-order chi connectivity index (χ1) is 12.6. The van der Waals surface area contributed by atoms with Gasteiger partial charge in [0.2, 0.25) is 6.29 Å². The summed E-state index contributed by atoms with van der Waals surface area (Å²) in [5.41, 5.74) is -2.79. The van der Waals surface area contributed by atoms with E-state index in [4.69, 9.17) is 19.0 Å². The topological polar surface area (TPSA) is 130 Å². The molecule has 0 spiro atoms. The average molecular weight is 392 g/mol. The van der Waals surface area contributed by atoms with Gasteiger partial charge in [-0.15, -0.1) is 0 Å². The predicted octanol–water partition coefficient (Wildman–Crippen LogP) is -0.00950. The number of alkyl halides is 3. The Hall–Kier alpha value is -2.18. The van der Waals surface area contributed by atoms with E-state index in [1.165, 1.54) is 0 Å². The normalized spacial score (nSPS) is 29.1. The van der Waals surface area contributed by atoms with E-state index >= 15 is 0 Å². The third-order valence-electron chi connectivity index (χ3n) is 4.12. The minimum Gasteiger partial charge on any atom is -0.462 e. The molecule has 0 unspecified atom stereocenters. The van der Waals surface area contributed by atoms with Crippen LogP contribution in [0.15, 0.2) is 33.5 Å². The van der Waals surface area contributed by atoms with Gasteiger partial charge in [-0.05, 0) is 12.1 Å². The fraction of sp³-hybridized carbons (Fsp3) is 0.438. The zero-order valence-corrected chi connectivity index (χ0v) is 13.5. The molecule has 5 atom stereocenters. The maximum absolute atomic E-state index is 13.0. The van der Waals surface area contributed by atoms with E-state index in [0.717, 1.165) is 18.2 Å². The van der Waals surface area contributed by atoms with Gasteiger partial charge in [0, 0.05) is 17.5 Å². The highest BCUT2D eigenvalue weighted by Gasteiger charge is 2.44. The number of fused-ring (bicyclic) bond motifs is 1. The predicted molar refractivity (Wildman–Crippen MR) is 81.9 cm³/mol. The molecule has 1 aliphatic rings. The smallest absolute Gasteiger partial charge is 0.417 e. The van der Waals surface area contributed by atoms with E-state index in [1.807, 2.05) is 0 Å². The van der Waals surface area contributed by atoms with Crippen LogP contribution in [-0.4, -0.2) is 57.7 Å². The zero-order chi connectivity index (χ0) is 19.9. The van der Waals surface area contributed by atoms with Crippen molar-refractivity contribution in [3.8, 4) is 5.75 Å². The van der Waals surface area contributed by atoms with Crippen LogP contribution < -0.4 is 10.4 Å². The molecular weight excluding hydrogens is 377 g/mol. The monoisotopic (exact) mass is 392 g/mol. The molecule has 1 aromatic heterocycles. The van der Waals surface area contributed by atoms with Crippen LogP contribution in [0.2, 0.25) is 0 Å². The van der Waals surface area contributed by atoms with E-state index in [2.05, 4.69) is 0 Å². The molecule has 0 bridgehead atoms. The molecule has 0 amide bonds. The van der Waals surface area contributed by atoms with Crippen LogP contribution in [0.1, 0.15) is 5.56 Å². The number of rotatable bonds is 3. The Morgan fingerprint density at radius 2 is 1.78 bits per heavy atom. The summed E-state index contributed by atoms with van der Waals surface area (Å²) in [6, 6.07) is 3.47. The SMILES string of the molecule is O=c1cc(C(F)(F)F)c2ccc(O[C@H]3O[C@@H](CO)[C@@H](O)[C@@H](O)[C@@H]3O)cc2o1. The minimum atomic E-state index is -4.77. The van der Waals surface area contributed by atoms with Gasteiger partial charge in [-0.3, -0.25) is 0 Å². The first kappa shape index (κ1) is 19.6. The molecular formula is C16H15F3O8. The highest BCUT2D eigenvalue weighted by molar-refractivity contribution is 5.82. The van der Waals surface area contributed by atoms with Crippen LogP contribution in [0.4, 0.5) is 13.2 Å². The molecule has 2 aromatic rings. The van der Waals surface area contributed by atoms with Gasteiger partial charge in [0.15, 0.2) is 0 Å². The highest BCUT2D eigenvalue weighted by atomic mass is 19.4. The highest BCUT2D eigenvalue weighted by Crippen LogP contribution is 2.35. The summed E-state index contributed by atoms with van der Waals surface area (Å²) in [5, 5.41) is 38.1. The maximum atomic E-state index is 13.0. The fourth-order valence-corrected chi connectivity index (χ4v) is 2.75. The molecule has 0 aliphatic carbocycles. The second kappa shape index (κ2) is 7.09. The fourth-order valence-electron chi connectivity index (χ4n) is 2.75. The molecule has 4 N–H and O–H groups in total. The van der Waals surface area contributed by atoms with Gasteiger partial charge in [-0.25, -0.2) is 4.79 Å². The average Bonchev–Trinajstić information content (AvgIpc) is 2.60. The molecule has 1 aliphatic heterocycles. The Morgan fingerprint density at radius 1 is 1.07 bits per heavy atom. The van der Waals surface area contributed by atoms with Crippen LogP contribution in [-0.2, 0) is 10.9 Å². The van der Waals surface area contributed by atoms with Crippen molar-refractivity contribution in [3.05, 3.63) is 40.2 Å². The summed E-state index contributed by atoms with van der Waals surface area (Å²) in [4.78, 5) is 11.4. The molecule has 8 nitrogen and oxygen atoms in total. The maximum Gasteiger partial charge on any atom is 0.417 e. The lowest BCUT2D eigenvalue weighted by molar-refractivity contribution is -0.277. The van der Waals surface area contributed by atoms with Crippen molar-refractivity contribution >= 4 is 11.0 Å². The largest absolute Gasteiger partial charge is 0.462 e. The second-order valence-electron chi connectivity index (χ2n) is 5.95. The number of benzene rings is 1. The van der Waals surface area contributed by atoms with Crippen molar-refractivity contribution in [1.82, 2.24) is 0 Å². The van der Waals surface area contributed by atoms with Crippen molar-refractivity contribution in [2.45, 2.75) is 36.9 Å². The van der Waals surface area contributed by atoms with Crippen LogP contribution in [0.5, 0.6) is 5.75 Å². The summed E-state index contributed by atoms with van der Waals surface area (Å²) >= 11 is 0. The van der Waals surface area contributed by atoms with E-state index in [0.29, 0.717) is 6.07 Å². The molecule has 2 heterocycles. The lowest BCUT2D eigenvalue weighted by Crippen LogP contribution is -2.60. The van der Waals surface area contributed by atoms with Crippen LogP contribution in [0.3, 0.4) is 0 Å². The summed E-state index contributed by atoms with van der Waals surface area (Å²) in [5.74, 6) is -0.130. The van der Waals surface area contributed by atoms with E-state index in [9.17, 15) is 33.3 Å². The number of ether oxygens (including phenoxy) is 2. The molecule has 0 saturated carbocycles. The van der Waals surface area contributed by atoms with Crippen molar-refractivity contribution in [3.63, 3.8) is 0 Å². The number of aliphatic hydroxyl groups is 4. The third-order valence-corrected chi connectivity index (χ3v) is 4.12. The molecule has 1 saturated heterocycles. The van der Waals surface area contributed by atoms with Crippen molar-refractivity contribution in [2.24, 2.45) is 0 Å². The standard InChI is InChI=1S/C16H15F3O8/c17-16(18,19)8-4-11(21)26-9-3-6(1-2-7(8)9)25-15-14(24)13(23)12(22)10(5-20)27-15/h1-4,10,12-15,20,22-24H,5H2/t10-,12+,13+,14-,15-/m0/s1. The lowest BCUT2D eigenvalue weighted by Gasteiger charge is -2.39. The summed E-state index contributed by atoms with van der Waals surface area (Å²) in [6.45, 7) is -0.674. The van der Waals surface area contributed by atoms with Gasteiger partial charge in [0.1, 0.15) is 35.7 Å². The number of halogens is 3. The van der Waals surface area contributed by atoms with E-state index in [1.54, 1.807) is 0 Å². The number of hydrogen-bond donors (Lipinski definition) is 4.